The maximum atomic E-state index is 11.4. The molecule has 8 heteroatoms. The topological polar surface area (TPSA) is 94.4 Å². The van der Waals surface area contributed by atoms with E-state index in [2.05, 4.69) is 15.5 Å². The van der Waals surface area contributed by atoms with Crippen LogP contribution < -0.4 is 5.32 Å². The van der Waals surface area contributed by atoms with Gasteiger partial charge in [-0.2, -0.15) is 0 Å². The quantitative estimate of drug-likeness (QED) is 0.349. The molecule has 3 aromatic rings. The number of nitrogens with one attached hydrogen (secondary N) is 2. The van der Waals surface area contributed by atoms with E-state index in [9.17, 15) is 10.0 Å². The van der Waals surface area contributed by atoms with Crippen LogP contribution in [0.15, 0.2) is 52.9 Å². The molecule has 2 aromatic carbocycles. The summed E-state index contributed by atoms with van der Waals surface area (Å²) < 4.78 is 5.40. The molecule has 134 valence electrons. The zero-order valence-corrected chi connectivity index (χ0v) is 15.1. The third-order valence-electron chi connectivity index (χ3n) is 3.93. The highest BCUT2D eigenvalue weighted by molar-refractivity contribution is 7.71. The first kappa shape index (κ1) is 17.8. The summed E-state index contributed by atoms with van der Waals surface area (Å²) in [5, 5.41) is 20.5. The number of hydrogen-bond acceptors (Lipinski definition) is 6. The summed E-state index contributed by atoms with van der Waals surface area (Å²) in [5.74, 6) is -0.0261. The monoisotopic (exact) mass is 370 g/mol. The van der Waals surface area contributed by atoms with Crippen molar-refractivity contribution in [2.24, 2.45) is 0 Å². The van der Waals surface area contributed by atoms with Crippen LogP contribution in [-0.4, -0.2) is 26.4 Å². The van der Waals surface area contributed by atoms with Crippen molar-refractivity contribution in [3.05, 3.63) is 58.9 Å². The van der Waals surface area contributed by atoms with Crippen molar-refractivity contribution < 1.29 is 14.4 Å². The van der Waals surface area contributed by atoms with Gasteiger partial charge in [-0.15, -0.1) is 5.10 Å². The van der Waals surface area contributed by atoms with E-state index in [4.69, 9.17) is 16.6 Å². The van der Waals surface area contributed by atoms with E-state index in [0.29, 0.717) is 11.0 Å². The minimum Gasteiger partial charge on any atom is -0.409 e. The average Bonchev–Trinajstić information content (AvgIpc) is 3.07. The third kappa shape index (κ3) is 3.81. The van der Waals surface area contributed by atoms with Crippen LogP contribution in [0.5, 0.6) is 0 Å². The minimum atomic E-state index is -0.464. The lowest BCUT2D eigenvalue weighted by Gasteiger charge is -2.22. The van der Waals surface area contributed by atoms with Gasteiger partial charge in [0.05, 0.1) is 17.3 Å². The van der Waals surface area contributed by atoms with Crippen LogP contribution in [0.3, 0.4) is 0 Å². The van der Waals surface area contributed by atoms with Gasteiger partial charge in [-0.3, -0.25) is 10.0 Å². The number of anilines is 2. The summed E-state index contributed by atoms with van der Waals surface area (Å²) in [7, 11) is 0. The summed E-state index contributed by atoms with van der Waals surface area (Å²) in [6.45, 7) is 3.07. The van der Waals surface area contributed by atoms with E-state index in [1.165, 1.54) is 6.92 Å². The molecule has 0 radical (unpaired) electrons. The van der Waals surface area contributed by atoms with Crippen LogP contribution in [0.2, 0.25) is 0 Å². The average molecular weight is 370 g/mol. The molecule has 1 heterocycles. The van der Waals surface area contributed by atoms with Crippen molar-refractivity contribution in [1.29, 1.82) is 0 Å². The minimum absolute atomic E-state index is 0.206. The summed E-state index contributed by atoms with van der Waals surface area (Å²) >= 11 is 4.94. The Bertz CT molecular complexity index is 982. The van der Waals surface area contributed by atoms with Crippen molar-refractivity contribution in [3.8, 4) is 11.5 Å². The van der Waals surface area contributed by atoms with Crippen molar-refractivity contribution in [1.82, 2.24) is 15.3 Å². The van der Waals surface area contributed by atoms with Gasteiger partial charge in [0.2, 0.25) is 11.8 Å². The van der Waals surface area contributed by atoms with Crippen LogP contribution in [0.4, 0.5) is 11.4 Å². The number of nitrogens with zero attached hydrogens (tertiary/aromatic N) is 2. The van der Waals surface area contributed by atoms with Crippen LogP contribution in [0.25, 0.3) is 11.5 Å². The van der Waals surface area contributed by atoms with E-state index in [1.807, 2.05) is 48.5 Å². The number of para-hydroxylation sites is 1. The number of carbonyl (C=O) groups excluding carboxylic acids is 1. The predicted molar refractivity (Wildman–Crippen MR) is 99.6 cm³/mol. The van der Waals surface area contributed by atoms with E-state index in [-0.39, 0.29) is 4.84 Å². The van der Waals surface area contributed by atoms with E-state index in [1.54, 1.807) is 6.92 Å². The number of amides is 1. The number of rotatable bonds is 5. The lowest BCUT2D eigenvalue weighted by Crippen LogP contribution is -2.27. The lowest BCUT2D eigenvalue weighted by molar-refractivity contribution is -0.172. The van der Waals surface area contributed by atoms with Gasteiger partial charge < -0.3 is 9.73 Å². The van der Waals surface area contributed by atoms with E-state index >= 15 is 0 Å². The van der Waals surface area contributed by atoms with Gasteiger partial charge in [-0.25, -0.2) is 10.2 Å². The second kappa shape index (κ2) is 7.51. The second-order valence-corrected chi connectivity index (χ2v) is 6.12. The number of hydrogen-bond donors (Lipinski definition) is 3. The molecule has 0 saturated heterocycles. The van der Waals surface area contributed by atoms with Gasteiger partial charge >= 0.3 is 0 Å². The Morgan fingerprint density at radius 1 is 1.31 bits per heavy atom. The van der Waals surface area contributed by atoms with Gasteiger partial charge in [0, 0.05) is 12.6 Å². The first-order chi connectivity index (χ1) is 12.5. The highest BCUT2D eigenvalue weighted by Gasteiger charge is 2.17. The van der Waals surface area contributed by atoms with Gasteiger partial charge in [-0.05, 0) is 49.0 Å². The zero-order valence-electron chi connectivity index (χ0n) is 14.3. The van der Waals surface area contributed by atoms with Crippen LogP contribution in [-0.2, 0) is 4.79 Å². The first-order valence-corrected chi connectivity index (χ1v) is 8.37. The van der Waals surface area contributed by atoms with Crippen molar-refractivity contribution in [2.75, 3.05) is 5.32 Å². The standard InChI is InChI=1S/C18H18N4O3S/c1-11(22(24)12(2)23)13-6-5-7-14(10-13)19-16-9-4-3-8-15(16)17-20-21-18(26)25-17/h3-11,19,24H,1-2H3,(H,21,26). The maximum absolute atomic E-state index is 11.4. The molecule has 0 spiro atoms. The van der Waals surface area contributed by atoms with Gasteiger partial charge in [-0.1, -0.05) is 24.3 Å². The summed E-state index contributed by atoms with van der Waals surface area (Å²) in [6, 6.07) is 14.5. The fourth-order valence-electron chi connectivity index (χ4n) is 2.57. The molecule has 0 saturated carbocycles. The molecule has 7 nitrogen and oxygen atoms in total. The molecule has 26 heavy (non-hydrogen) atoms. The second-order valence-electron chi connectivity index (χ2n) is 5.75. The molecule has 0 bridgehead atoms. The maximum Gasteiger partial charge on any atom is 0.284 e. The molecule has 1 amide bonds. The van der Waals surface area contributed by atoms with E-state index in [0.717, 1.165) is 22.5 Å². The molecule has 1 unspecified atom stereocenters. The molecule has 3 N–H and O–H groups in total. The van der Waals surface area contributed by atoms with Crippen LogP contribution in [0, 0.1) is 4.84 Å². The number of benzene rings is 2. The summed E-state index contributed by atoms with van der Waals surface area (Å²) in [6.07, 6.45) is 0. The zero-order chi connectivity index (χ0) is 18.7. The van der Waals surface area contributed by atoms with Gasteiger partial charge in [0.25, 0.3) is 4.84 Å². The molecular weight excluding hydrogens is 352 g/mol. The van der Waals surface area contributed by atoms with Crippen molar-refractivity contribution in [2.45, 2.75) is 19.9 Å². The van der Waals surface area contributed by atoms with Crippen LogP contribution in [0.1, 0.15) is 25.5 Å². The SMILES string of the molecule is CC(=O)N(O)C(C)c1cccc(Nc2ccccc2-c2n[nH]c(=S)o2)c1. The molecule has 0 aliphatic carbocycles. The smallest absolute Gasteiger partial charge is 0.284 e. The summed E-state index contributed by atoms with van der Waals surface area (Å²) in [5.41, 5.74) is 3.14. The first-order valence-electron chi connectivity index (χ1n) is 7.96. The Hall–Kier alpha value is -2.97. The predicted octanol–water partition coefficient (Wildman–Crippen LogP) is 4.44. The fourth-order valence-corrected chi connectivity index (χ4v) is 2.69. The largest absolute Gasteiger partial charge is 0.409 e. The molecular formula is C18H18N4O3S. The van der Waals surface area contributed by atoms with Gasteiger partial charge in [0.15, 0.2) is 0 Å². The number of carbonyl (C=O) groups is 1. The highest BCUT2D eigenvalue weighted by Crippen LogP contribution is 2.30. The Kier molecular flexibility index (Phi) is 5.15. The number of hydroxylamine groups is 2. The number of aromatic nitrogens is 2. The Morgan fingerprint density at radius 2 is 2.08 bits per heavy atom. The summed E-state index contributed by atoms with van der Waals surface area (Å²) in [4.78, 5) is 11.6. The highest BCUT2D eigenvalue weighted by atomic mass is 32.1. The Balaban J connectivity index is 1.90. The molecule has 3 rings (SSSR count). The van der Waals surface area contributed by atoms with Crippen LogP contribution >= 0.6 is 12.2 Å². The van der Waals surface area contributed by atoms with E-state index < -0.39 is 11.9 Å². The Morgan fingerprint density at radius 3 is 2.77 bits per heavy atom. The van der Waals surface area contributed by atoms with Crippen molar-refractivity contribution in [3.63, 3.8) is 0 Å². The number of aromatic amines is 1. The normalized spacial score (nSPS) is 11.8. The molecule has 0 aliphatic rings. The molecule has 0 fully saturated rings. The Labute approximate surface area is 155 Å². The third-order valence-corrected chi connectivity index (χ3v) is 4.11. The molecule has 0 aliphatic heterocycles. The molecule has 1 atom stereocenters. The van der Waals surface area contributed by atoms with Gasteiger partial charge in [0.1, 0.15) is 0 Å². The fraction of sp³-hybridized carbons (Fsp3) is 0.167. The number of H-pyrrole nitrogens is 1. The molecule has 1 aromatic heterocycles. The van der Waals surface area contributed by atoms with Crippen molar-refractivity contribution >= 4 is 29.5 Å². The lowest BCUT2D eigenvalue weighted by atomic mass is 10.1.